The summed E-state index contributed by atoms with van der Waals surface area (Å²) < 4.78 is 25.2. The van der Waals surface area contributed by atoms with Crippen LogP contribution in [0.15, 0.2) is 27.6 Å². The van der Waals surface area contributed by atoms with Crippen LogP contribution in [0.1, 0.15) is 25.7 Å². The van der Waals surface area contributed by atoms with Gasteiger partial charge in [-0.05, 0) is 47.0 Å². The van der Waals surface area contributed by atoms with Crippen molar-refractivity contribution in [3.63, 3.8) is 0 Å². The molecule has 0 unspecified atom stereocenters. The highest BCUT2D eigenvalue weighted by molar-refractivity contribution is 9.10. The molecule has 1 aliphatic rings. The van der Waals surface area contributed by atoms with Crippen LogP contribution in [0, 0.1) is 0 Å². The van der Waals surface area contributed by atoms with E-state index in [0.29, 0.717) is 10.6 Å². The van der Waals surface area contributed by atoms with E-state index in [-0.39, 0.29) is 5.25 Å². The molecule has 0 spiro atoms. The van der Waals surface area contributed by atoms with E-state index in [1.807, 2.05) is 0 Å². The molecule has 1 saturated carbocycles. The summed E-state index contributed by atoms with van der Waals surface area (Å²) >= 11 is 3.26. The number of halogens is 1. The molecule has 2 N–H and O–H groups in total. The van der Waals surface area contributed by atoms with E-state index < -0.39 is 9.84 Å². The third kappa shape index (κ3) is 2.11. The Morgan fingerprint density at radius 1 is 1.25 bits per heavy atom. The zero-order valence-electron chi connectivity index (χ0n) is 8.82. The van der Waals surface area contributed by atoms with Crippen LogP contribution in [0.5, 0.6) is 0 Å². The third-order valence-corrected chi connectivity index (χ3v) is 6.02. The lowest BCUT2D eigenvalue weighted by molar-refractivity contribution is 0.579. The highest BCUT2D eigenvalue weighted by Crippen LogP contribution is 2.31. The molecule has 1 aromatic carbocycles. The van der Waals surface area contributed by atoms with Crippen molar-refractivity contribution in [1.82, 2.24) is 0 Å². The Bertz CT molecular complexity index is 493. The van der Waals surface area contributed by atoms with Gasteiger partial charge in [0.05, 0.1) is 10.1 Å². The fourth-order valence-electron chi connectivity index (χ4n) is 2.09. The van der Waals surface area contributed by atoms with E-state index in [1.54, 1.807) is 12.1 Å². The first kappa shape index (κ1) is 11.9. The summed E-state index contributed by atoms with van der Waals surface area (Å²) in [6, 6.07) is 4.85. The van der Waals surface area contributed by atoms with Crippen molar-refractivity contribution < 1.29 is 8.42 Å². The van der Waals surface area contributed by atoms with Gasteiger partial charge in [-0.15, -0.1) is 0 Å². The molecular formula is C11H14BrNO2S. The summed E-state index contributed by atoms with van der Waals surface area (Å²) in [5.74, 6) is 0. The summed E-state index contributed by atoms with van der Waals surface area (Å²) in [6.07, 6.45) is 3.57. The average Bonchev–Trinajstić information content (AvgIpc) is 2.75. The van der Waals surface area contributed by atoms with Crippen molar-refractivity contribution in [2.24, 2.45) is 0 Å². The Labute approximate surface area is 104 Å². The molecule has 1 fully saturated rings. The van der Waals surface area contributed by atoms with Gasteiger partial charge in [-0.25, -0.2) is 8.42 Å². The maximum absolute atomic E-state index is 12.2. The highest BCUT2D eigenvalue weighted by Gasteiger charge is 2.30. The predicted octanol–water partition coefficient (Wildman–Crippen LogP) is 2.75. The molecule has 0 radical (unpaired) electrons. The normalized spacial score (nSPS) is 17.8. The van der Waals surface area contributed by atoms with E-state index in [0.717, 1.165) is 30.2 Å². The monoisotopic (exact) mass is 303 g/mol. The van der Waals surface area contributed by atoms with Crippen LogP contribution in [-0.4, -0.2) is 13.7 Å². The Morgan fingerprint density at radius 3 is 2.44 bits per heavy atom. The summed E-state index contributed by atoms with van der Waals surface area (Å²) in [7, 11) is -3.18. The lowest BCUT2D eigenvalue weighted by Gasteiger charge is -2.11. The van der Waals surface area contributed by atoms with Crippen LogP contribution in [0.2, 0.25) is 0 Å². The van der Waals surface area contributed by atoms with E-state index in [2.05, 4.69) is 15.9 Å². The number of nitrogen functional groups attached to an aromatic ring is 1. The molecule has 16 heavy (non-hydrogen) atoms. The van der Waals surface area contributed by atoms with E-state index >= 15 is 0 Å². The number of hydrogen-bond donors (Lipinski definition) is 1. The molecule has 0 amide bonds. The Hall–Kier alpha value is -0.550. The zero-order chi connectivity index (χ0) is 11.8. The molecule has 0 saturated heterocycles. The molecule has 0 aromatic heterocycles. The Balaban J connectivity index is 2.39. The van der Waals surface area contributed by atoms with Gasteiger partial charge in [0.15, 0.2) is 9.84 Å². The standard InChI is InChI=1S/C11H14BrNO2S/c12-10-6-5-9(7-11(10)13)16(14,15)8-3-1-2-4-8/h5-8H,1-4,13H2. The van der Waals surface area contributed by atoms with Gasteiger partial charge in [-0.3, -0.25) is 0 Å². The SMILES string of the molecule is Nc1cc(S(=O)(=O)C2CCCC2)ccc1Br. The highest BCUT2D eigenvalue weighted by atomic mass is 79.9. The van der Waals surface area contributed by atoms with Gasteiger partial charge in [0.1, 0.15) is 0 Å². The topological polar surface area (TPSA) is 60.2 Å². The number of anilines is 1. The van der Waals surface area contributed by atoms with Crippen LogP contribution in [0.25, 0.3) is 0 Å². The zero-order valence-corrected chi connectivity index (χ0v) is 11.2. The third-order valence-electron chi connectivity index (χ3n) is 3.04. The number of benzene rings is 1. The molecule has 1 aromatic rings. The molecule has 1 aliphatic carbocycles. The molecule has 0 heterocycles. The lowest BCUT2D eigenvalue weighted by Crippen LogP contribution is -2.17. The van der Waals surface area contributed by atoms with Gasteiger partial charge < -0.3 is 5.73 Å². The van der Waals surface area contributed by atoms with Gasteiger partial charge in [-0.2, -0.15) is 0 Å². The first-order chi connectivity index (χ1) is 7.51. The van der Waals surface area contributed by atoms with Gasteiger partial charge in [-0.1, -0.05) is 12.8 Å². The van der Waals surface area contributed by atoms with Crippen molar-refractivity contribution in [3.8, 4) is 0 Å². The van der Waals surface area contributed by atoms with Crippen LogP contribution < -0.4 is 5.73 Å². The summed E-state index contributed by atoms with van der Waals surface area (Å²) in [4.78, 5) is 0.347. The van der Waals surface area contributed by atoms with Gasteiger partial charge in [0.2, 0.25) is 0 Å². The molecule has 0 bridgehead atoms. The van der Waals surface area contributed by atoms with Gasteiger partial charge in [0.25, 0.3) is 0 Å². The maximum atomic E-state index is 12.2. The predicted molar refractivity (Wildman–Crippen MR) is 68.0 cm³/mol. The lowest BCUT2D eigenvalue weighted by atomic mass is 10.3. The molecule has 0 atom stereocenters. The summed E-state index contributed by atoms with van der Waals surface area (Å²) in [6.45, 7) is 0. The van der Waals surface area contributed by atoms with E-state index in [9.17, 15) is 8.42 Å². The van der Waals surface area contributed by atoms with Crippen molar-refractivity contribution in [2.75, 3.05) is 5.73 Å². The van der Waals surface area contributed by atoms with Crippen molar-refractivity contribution in [3.05, 3.63) is 22.7 Å². The molecular weight excluding hydrogens is 290 g/mol. The summed E-state index contributed by atoms with van der Waals surface area (Å²) in [5, 5.41) is -0.215. The quantitative estimate of drug-likeness (QED) is 0.855. The van der Waals surface area contributed by atoms with Crippen molar-refractivity contribution in [1.29, 1.82) is 0 Å². The molecule has 5 heteroatoms. The molecule has 0 aliphatic heterocycles. The first-order valence-electron chi connectivity index (χ1n) is 5.31. The molecule has 3 nitrogen and oxygen atoms in total. The molecule has 88 valence electrons. The molecule has 2 rings (SSSR count). The summed E-state index contributed by atoms with van der Waals surface area (Å²) in [5.41, 5.74) is 6.18. The van der Waals surface area contributed by atoms with Crippen LogP contribution >= 0.6 is 15.9 Å². The number of hydrogen-bond acceptors (Lipinski definition) is 3. The second-order valence-electron chi connectivity index (χ2n) is 4.13. The van der Waals surface area contributed by atoms with Crippen LogP contribution in [-0.2, 0) is 9.84 Å². The first-order valence-corrected chi connectivity index (χ1v) is 7.64. The largest absolute Gasteiger partial charge is 0.398 e. The second-order valence-corrected chi connectivity index (χ2v) is 7.22. The van der Waals surface area contributed by atoms with Crippen LogP contribution in [0.3, 0.4) is 0 Å². The average molecular weight is 304 g/mol. The minimum Gasteiger partial charge on any atom is -0.398 e. The minimum absolute atomic E-state index is 0.215. The number of nitrogens with two attached hydrogens (primary N) is 1. The number of rotatable bonds is 2. The second kappa shape index (κ2) is 4.37. The van der Waals surface area contributed by atoms with Crippen molar-refractivity contribution in [2.45, 2.75) is 35.8 Å². The fraction of sp³-hybridized carbons (Fsp3) is 0.455. The van der Waals surface area contributed by atoms with Gasteiger partial charge in [0, 0.05) is 10.2 Å². The number of sulfone groups is 1. The maximum Gasteiger partial charge on any atom is 0.181 e. The van der Waals surface area contributed by atoms with Gasteiger partial charge >= 0.3 is 0 Å². The van der Waals surface area contributed by atoms with Crippen molar-refractivity contribution >= 4 is 31.5 Å². The minimum atomic E-state index is -3.18. The smallest absolute Gasteiger partial charge is 0.181 e. The van der Waals surface area contributed by atoms with E-state index in [4.69, 9.17) is 5.73 Å². The van der Waals surface area contributed by atoms with Crippen LogP contribution in [0.4, 0.5) is 5.69 Å². The Kier molecular flexibility index (Phi) is 3.26. The fourth-order valence-corrected chi connectivity index (χ4v) is 4.22. The Morgan fingerprint density at radius 2 is 1.88 bits per heavy atom. The van der Waals surface area contributed by atoms with E-state index in [1.165, 1.54) is 6.07 Å².